The van der Waals surface area contributed by atoms with Crippen molar-refractivity contribution in [3.05, 3.63) is 57.9 Å². The molecule has 0 N–H and O–H groups in total. The highest BCUT2D eigenvalue weighted by molar-refractivity contribution is 7.89. The quantitative estimate of drug-likeness (QED) is 0.562. The zero-order valence-electron chi connectivity index (χ0n) is 19.0. The summed E-state index contributed by atoms with van der Waals surface area (Å²) in [5, 5.41) is 0. The Labute approximate surface area is 193 Å². The first-order valence-corrected chi connectivity index (χ1v) is 13.3. The van der Waals surface area contributed by atoms with E-state index in [-0.39, 0.29) is 10.8 Å². The van der Waals surface area contributed by atoms with Crippen molar-refractivity contribution < 1.29 is 13.2 Å². The lowest BCUT2D eigenvalue weighted by Gasteiger charge is -2.29. The van der Waals surface area contributed by atoms with Gasteiger partial charge in [-0.15, -0.1) is 0 Å². The molecule has 1 fully saturated rings. The molecule has 0 spiro atoms. The number of fused-ring (bicyclic) bond motifs is 1. The van der Waals surface area contributed by atoms with Crippen LogP contribution in [0.25, 0.3) is 10.2 Å². The summed E-state index contributed by atoms with van der Waals surface area (Å²) in [6, 6.07) is 10.4. The Hall–Kier alpha value is -2.29. The fraction of sp³-hybridized carbons (Fsp3) is 0.417. The van der Waals surface area contributed by atoms with Crippen LogP contribution in [0.3, 0.4) is 0 Å². The standard InChI is InChI=1S/C24H29N3O3S2/c1-5-27-21-14-17(3)18(4)15-22(21)31-24(27)25-23(28)19-6-8-20(9-7-19)32(29,30)26-12-10-16(2)11-13-26/h6-9,14-16H,5,10-13H2,1-4H3. The minimum atomic E-state index is -3.53. The zero-order chi connectivity index (χ0) is 23.0. The van der Waals surface area contributed by atoms with Gasteiger partial charge in [0.2, 0.25) is 10.0 Å². The highest BCUT2D eigenvalue weighted by atomic mass is 32.2. The van der Waals surface area contributed by atoms with E-state index >= 15 is 0 Å². The average Bonchev–Trinajstić information content (AvgIpc) is 3.10. The molecule has 0 atom stereocenters. The van der Waals surface area contributed by atoms with E-state index < -0.39 is 10.0 Å². The monoisotopic (exact) mass is 471 g/mol. The fourth-order valence-electron chi connectivity index (χ4n) is 4.01. The Morgan fingerprint density at radius 1 is 1.09 bits per heavy atom. The van der Waals surface area contributed by atoms with Crippen molar-refractivity contribution in [2.24, 2.45) is 10.9 Å². The summed E-state index contributed by atoms with van der Waals surface area (Å²) < 4.78 is 30.5. The Balaban J connectivity index is 1.63. The lowest BCUT2D eigenvalue weighted by atomic mass is 10.0. The van der Waals surface area contributed by atoms with Crippen molar-refractivity contribution in [2.45, 2.75) is 52.0 Å². The SMILES string of the molecule is CCn1c(=NC(=O)c2ccc(S(=O)(=O)N3CCC(C)CC3)cc2)sc2cc(C)c(C)cc21. The molecule has 1 aliphatic heterocycles. The molecule has 0 saturated carbocycles. The van der Waals surface area contributed by atoms with Crippen LogP contribution < -0.4 is 4.80 Å². The lowest BCUT2D eigenvalue weighted by Crippen LogP contribution is -2.37. The average molecular weight is 472 g/mol. The molecule has 1 saturated heterocycles. The first kappa shape index (κ1) is 22.9. The Kier molecular flexibility index (Phi) is 6.38. The molecule has 170 valence electrons. The summed E-state index contributed by atoms with van der Waals surface area (Å²) in [5.74, 6) is 0.179. The number of carbonyl (C=O) groups is 1. The molecule has 0 radical (unpaired) electrons. The van der Waals surface area contributed by atoms with Gasteiger partial charge in [-0.1, -0.05) is 18.3 Å². The van der Waals surface area contributed by atoms with Gasteiger partial charge in [0.25, 0.3) is 5.91 Å². The number of nitrogens with zero attached hydrogens (tertiary/aromatic N) is 3. The number of hydrogen-bond donors (Lipinski definition) is 0. The molecular formula is C24H29N3O3S2. The summed E-state index contributed by atoms with van der Waals surface area (Å²) in [6.07, 6.45) is 1.75. The van der Waals surface area contributed by atoms with Crippen LogP contribution >= 0.6 is 11.3 Å². The first-order valence-electron chi connectivity index (χ1n) is 11.0. The van der Waals surface area contributed by atoms with E-state index in [9.17, 15) is 13.2 Å². The smallest absolute Gasteiger partial charge is 0.279 e. The van der Waals surface area contributed by atoms with Crippen LogP contribution in [0, 0.1) is 19.8 Å². The topological polar surface area (TPSA) is 71.7 Å². The fourth-order valence-corrected chi connectivity index (χ4v) is 6.65. The maximum absolute atomic E-state index is 12.9. The number of hydrogen-bond acceptors (Lipinski definition) is 4. The van der Waals surface area contributed by atoms with E-state index in [1.807, 2.05) is 11.5 Å². The predicted octanol–water partition coefficient (Wildman–Crippen LogP) is 4.50. The van der Waals surface area contributed by atoms with Crippen LogP contribution in [-0.2, 0) is 16.6 Å². The molecule has 0 bridgehead atoms. The third kappa shape index (κ3) is 4.31. The number of amides is 1. The van der Waals surface area contributed by atoms with Crippen LogP contribution in [0.4, 0.5) is 0 Å². The van der Waals surface area contributed by atoms with E-state index in [1.54, 1.807) is 16.4 Å². The van der Waals surface area contributed by atoms with Crippen LogP contribution in [0.2, 0.25) is 0 Å². The second kappa shape index (κ2) is 8.92. The van der Waals surface area contributed by atoms with Crippen molar-refractivity contribution in [2.75, 3.05) is 13.1 Å². The number of rotatable bonds is 4. The highest BCUT2D eigenvalue weighted by Crippen LogP contribution is 2.24. The van der Waals surface area contributed by atoms with Crippen LogP contribution in [0.5, 0.6) is 0 Å². The second-order valence-electron chi connectivity index (χ2n) is 8.56. The number of piperidine rings is 1. The number of carbonyl (C=O) groups excluding carboxylic acids is 1. The van der Waals surface area contributed by atoms with Crippen LogP contribution in [0.15, 0.2) is 46.3 Å². The van der Waals surface area contributed by atoms with Gasteiger partial charge in [-0.2, -0.15) is 9.30 Å². The lowest BCUT2D eigenvalue weighted by molar-refractivity contribution is 0.0997. The van der Waals surface area contributed by atoms with Crippen LogP contribution in [-0.4, -0.2) is 36.3 Å². The van der Waals surface area contributed by atoms with E-state index in [0.717, 1.165) is 23.1 Å². The van der Waals surface area contributed by atoms with E-state index in [1.165, 1.54) is 34.6 Å². The largest absolute Gasteiger partial charge is 0.317 e. The third-order valence-electron chi connectivity index (χ3n) is 6.29. The van der Waals surface area contributed by atoms with Gasteiger partial charge >= 0.3 is 0 Å². The van der Waals surface area contributed by atoms with Crippen molar-refractivity contribution in [3.8, 4) is 0 Å². The zero-order valence-corrected chi connectivity index (χ0v) is 20.6. The van der Waals surface area contributed by atoms with Gasteiger partial charge in [-0.3, -0.25) is 4.79 Å². The predicted molar refractivity (Wildman–Crippen MR) is 128 cm³/mol. The van der Waals surface area contributed by atoms with Crippen molar-refractivity contribution >= 4 is 37.5 Å². The Morgan fingerprint density at radius 3 is 2.34 bits per heavy atom. The molecular weight excluding hydrogens is 442 g/mol. The summed E-state index contributed by atoms with van der Waals surface area (Å²) in [6.45, 7) is 10.1. The molecule has 4 rings (SSSR count). The van der Waals surface area contributed by atoms with Gasteiger partial charge in [0.05, 0.1) is 15.1 Å². The molecule has 2 aromatic carbocycles. The number of thiazole rings is 1. The van der Waals surface area contributed by atoms with E-state index in [0.29, 0.717) is 35.9 Å². The van der Waals surface area contributed by atoms with E-state index in [4.69, 9.17) is 0 Å². The summed E-state index contributed by atoms with van der Waals surface area (Å²) in [4.78, 5) is 18.1. The molecule has 6 nitrogen and oxygen atoms in total. The maximum atomic E-state index is 12.9. The summed E-state index contributed by atoms with van der Waals surface area (Å²) >= 11 is 1.49. The minimum Gasteiger partial charge on any atom is -0.317 e. The maximum Gasteiger partial charge on any atom is 0.279 e. The number of aryl methyl sites for hydroxylation is 3. The molecule has 32 heavy (non-hydrogen) atoms. The third-order valence-corrected chi connectivity index (χ3v) is 9.25. The van der Waals surface area contributed by atoms with Gasteiger partial charge in [0.15, 0.2) is 4.80 Å². The number of sulfonamides is 1. The second-order valence-corrected chi connectivity index (χ2v) is 11.5. The molecule has 3 aromatic rings. The molecule has 8 heteroatoms. The van der Waals surface area contributed by atoms with Gasteiger partial charge in [0.1, 0.15) is 0 Å². The molecule has 1 aliphatic rings. The first-order chi connectivity index (χ1) is 15.2. The summed E-state index contributed by atoms with van der Waals surface area (Å²) in [5.41, 5.74) is 3.86. The molecule has 1 aromatic heterocycles. The van der Waals surface area contributed by atoms with Gasteiger partial charge in [-0.05, 0) is 87.1 Å². The number of aromatic nitrogens is 1. The van der Waals surface area contributed by atoms with E-state index in [2.05, 4.69) is 37.9 Å². The Bertz CT molecular complexity index is 1330. The molecule has 2 heterocycles. The summed E-state index contributed by atoms with van der Waals surface area (Å²) in [7, 11) is -3.53. The minimum absolute atomic E-state index is 0.222. The molecule has 0 aliphatic carbocycles. The van der Waals surface area contributed by atoms with Gasteiger partial charge in [0, 0.05) is 25.2 Å². The highest BCUT2D eigenvalue weighted by Gasteiger charge is 2.28. The molecule has 0 unspecified atom stereocenters. The number of benzene rings is 2. The van der Waals surface area contributed by atoms with Gasteiger partial charge in [-0.25, -0.2) is 8.42 Å². The van der Waals surface area contributed by atoms with Crippen molar-refractivity contribution in [3.63, 3.8) is 0 Å². The van der Waals surface area contributed by atoms with Crippen molar-refractivity contribution in [1.29, 1.82) is 0 Å². The van der Waals surface area contributed by atoms with Crippen molar-refractivity contribution in [1.82, 2.24) is 8.87 Å². The normalized spacial score (nSPS) is 16.7. The van der Waals surface area contributed by atoms with Gasteiger partial charge < -0.3 is 4.57 Å². The molecule has 1 amide bonds. The Morgan fingerprint density at radius 2 is 1.72 bits per heavy atom. The van der Waals surface area contributed by atoms with Crippen LogP contribution in [0.1, 0.15) is 48.2 Å².